The highest BCUT2D eigenvalue weighted by Gasteiger charge is 2.03. The van der Waals surface area contributed by atoms with E-state index in [9.17, 15) is 9.59 Å². The third-order valence-corrected chi connectivity index (χ3v) is 0.870. The van der Waals surface area contributed by atoms with Gasteiger partial charge < -0.3 is 0 Å². The van der Waals surface area contributed by atoms with Crippen LogP contribution in [0.2, 0.25) is 0 Å². The van der Waals surface area contributed by atoms with Gasteiger partial charge in [-0.3, -0.25) is 9.59 Å². The number of Topliss-reactive ketones (excluding diaryl/α,β-unsaturated/α-hetero) is 2. The molecule has 0 rings (SSSR count). The maximum Gasteiger partial charge on any atom is 0.198 e. The molecule has 0 heterocycles. The van der Waals surface area contributed by atoms with Gasteiger partial charge >= 0.3 is 0 Å². The Morgan fingerprint density at radius 2 is 1.60 bits per heavy atom. The van der Waals surface area contributed by atoms with Crippen LogP contribution in [0.15, 0.2) is 0 Å². The molecule has 0 aromatic heterocycles. The van der Waals surface area contributed by atoms with Crippen LogP contribution in [0.1, 0.15) is 26.7 Å². The summed E-state index contributed by atoms with van der Waals surface area (Å²) in [4.78, 5) is 20.6. The van der Waals surface area contributed by atoms with Crippen LogP contribution < -0.4 is 0 Å². The summed E-state index contributed by atoms with van der Waals surface area (Å²) in [5.41, 5.74) is 0. The highest BCUT2D eigenvalue weighted by Crippen LogP contribution is 1.88. The summed E-state index contributed by atoms with van der Waals surface area (Å²) < 4.78 is 0. The Hall–Kier alpha value is 0.300. The van der Waals surface area contributed by atoms with Gasteiger partial charge in [-0.05, 0) is 6.42 Å². The Kier molecular flexibility index (Phi) is 15.5. The van der Waals surface area contributed by atoms with Crippen LogP contribution in [-0.2, 0) is 9.59 Å². The predicted molar refractivity (Wildman–Crippen MR) is 51.2 cm³/mol. The number of hydrogen-bond acceptors (Lipinski definition) is 2. The molecule has 2 nitrogen and oxygen atoms in total. The Morgan fingerprint density at radius 3 is 1.70 bits per heavy atom. The molecule has 0 aliphatic carbocycles. The van der Waals surface area contributed by atoms with Gasteiger partial charge in [0.15, 0.2) is 11.6 Å². The van der Waals surface area contributed by atoms with E-state index >= 15 is 0 Å². The van der Waals surface area contributed by atoms with E-state index in [0.29, 0.717) is 6.42 Å². The Morgan fingerprint density at radius 1 is 1.20 bits per heavy atom. The van der Waals surface area contributed by atoms with Crippen LogP contribution >= 0.6 is 34.0 Å². The molecule has 10 heavy (non-hydrogen) atoms. The van der Waals surface area contributed by atoms with Crippen LogP contribution in [-0.4, -0.2) is 11.6 Å². The first kappa shape index (κ1) is 16.7. The van der Waals surface area contributed by atoms with Gasteiger partial charge in [-0.1, -0.05) is 6.92 Å². The molecular weight excluding hydrogens is 264 g/mol. The molecule has 0 amide bonds. The van der Waals surface area contributed by atoms with Gasteiger partial charge in [-0.25, -0.2) is 0 Å². The number of rotatable bonds is 3. The first-order chi connectivity index (χ1) is 3.68. The lowest BCUT2D eigenvalue weighted by molar-refractivity contribution is -0.135. The fraction of sp³-hybridized carbons (Fsp3) is 0.667. The molecule has 0 unspecified atom stereocenters. The minimum atomic E-state index is -0.327. The van der Waals surface area contributed by atoms with Crippen LogP contribution in [0.4, 0.5) is 0 Å². The molecule has 0 aliphatic heterocycles. The lowest BCUT2D eigenvalue weighted by atomic mass is 10.2. The van der Waals surface area contributed by atoms with Crippen molar-refractivity contribution in [3.63, 3.8) is 0 Å². The molecule has 62 valence electrons. The first-order valence-electron chi connectivity index (χ1n) is 2.72. The summed E-state index contributed by atoms with van der Waals surface area (Å²) in [6.45, 7) is 3.18. The maximum atomic E-state index is 10.4. The van der Waals surface area contributed by atoms with E-state index in [1.54, 1.807) is 0 Å². The minimum Gasteiger partial charge on any atom is -0.291 e. The number of carbonyl (C=O) groups is 2. The van der Waals surface area contributed by atoms with Crippen LogP contribution in [0, 0.1) is 0 Å². The molecule has 4 heteroatoms. The zero-order valence-electron chi connectivity index (χ0n) is 6.05. The lowest BCUT2D eigenvalue weighted by Gasteiger charge is -1.87. The van der Waals surface area contributed by atoms with E-state index in [1.807, 2.05) is 6.92 Å². The second-order valence-corrected chi connectivity index (χ2v) is 1.73. The molecule has 0 aliphatic rings. The zero-order valence-corrected chi connectivity index (χ0v) is 9.47. The first-order valence-corrected chi connectivity index (χ1v) is 2.72. The van der Waals surface area contributed by atoms with E-state index in [0.717, 1.165) is 6.42 Å². The van der Waals surface area contributed by atoms with Gasteiger partial charge in [0.2, 0.25) is 0 Å². The summed E-state index contributed by atoms with van der Waals surface area (Å²) in [7, 11) is 0. The summed E-state index contributed by atoms with van der Waals surface area (Å²) in [6, 6.07) is 0. The van der Waals surface area contributed by atoms with E-state index < -0.39 is 0 Å². The Bertz CT molecular complexity index is 112. The molecule has 0 saturated carbocycles. The van der Waals surface area contributed by atoms with Gasteiger partial charge in [0.05, 0.1) is 0 Å². The summed E-state index contributed by atoms with van der Waals surface area (Å²) >= 11 is 0. The van der Waals surface area contributed by atoms with Gasteiger partial charge in [-0.15, -0.1) is 34.0 Å². The summed E-state index contributed by atoms with van der Waals surface area (Å²) in [6.07, 6.45) is 1.16. The quantitative estimate of drug-likeness (QED) is 0.740. The van der Waals surface area contributed by atoms with E-state index in [-0.39, 0.29) is 45.5 Å². The van der Waals surface area contributed by atoms with Crippen molar-refractivity contribution >= 4 is 45.5 Å². The standard InChI is InChI=1S/C6H10O2.2BrH/c1-3-4-6(8)5(2)7;;/h3-4H2,1-2H3;2*1H. The number of ketones is 2. The molecule has 0 N–H and O–H groups in total. The van der Waals surface area contributed by atoms with Gasteiger partial charge in [0.25, 0.3) is 0 Å². The number of halogens is 2. The molecule has 0 aromatic rings. The van der Waals surface area contributed by atoms with Crippen molar-refractivity contribution in [3.8, 4) is 0 Å². The average molecular weight is 276 g/mol. The normalized spacial score (nSPS) is 7.00. The Labute approximate surface area is 81.9 Å². The zero-order chi connectivity index (χ0) is 6.57. The number of hydrogen-bond donors (Lipinski definition) is 0. The number of carbonyl (C=O) groups excluding carboxylic acids is 2. The summed E-state index contributed by atoms with van der Waals surface area (Å²) in [5.74, 6) is -0.584. The molecule has 0 fully saturated rings. The van der Waals surface area contributed by atoms with Crippen molar-refractivity contribution < 1.29 is 9.59 Å². The SMILES string of the molecule is Br.Br.CCCC(=O)C(C)=O. The molecule has 0 saturated heterocycles. The van der Waals surface area contributed by atoms with Crippen molar-refractivity contribution in [3.05, 3.63) is 0 Å². The maximum absolute atomic E-state index is 10.4. The van der Waals surface area contributed by atoms with Gasteiger partial charge in [0.1, 0.15) is 0 Å². The van der Waals surface area contributed by atoms with Crippen molar-refractivity contribution in [2.45, 2.75) is 26.7 Å². The largest absolute Gasteiger partial charge is 0.291 e. The van der Waals surface area contributed by atoms with Gasteiger partial charge in [0, 0.05) is 13.3 Å². The average Bonchev–Trinajstić information content (AvgIpc) is 1.67. The van der Waals surface area contributed by atoms with Crippen LogP contribution in [0.25, 0.3) is 0 Å². The highest BCUT2D eigenvalue weighted by atomic mass is 79.9. The van der Waals surface area contributed by atoms with Crippen molar-refractivity contribution in [2.75, 3.05) is 0 Å². The molecular formula is C6H12Br2O2. The van der Waals surface area contributed by atoms with Crippen LogP contribution in [0.3, 0.4) is 0 Å². The summed E-state index contributed by atoms with van der Waals surface area (Å²) in [5, 5.41) is 0. The van der Waals surface area contributed by atoms with Crippen LogP contribution in [0.5, 0.6) is 0 Å². The topological polar surface area (TPSA) is 34.1 Å². The minimum absolute atomic E-state index is 0. The van der Waals surface area contributed by atoms with Crippen molar-refractivity contribution in [1.82, 2.24) is 0 Å². The monoisotopic (exact) mass is 274 g/mol. The second kappa shape index (κ2) is 9.30. The second-order valence-electron chi connectivity index (χ2n) is 1.73. The third kappa shape index (κ3) is 8.30. The van der Waals surface area contributed by atoms with Crippen molar-refractivity contribution in [1.29, 1.82) is 0 Å². The van der Waals surface area contributed by atoms with Crippen molar-refractivity contribution in [2.24, 2.45) is 0 Å². The highest BCUT2D eigenvalue weighted by molar-refractivity contribution is 8.93. The molecule has 0 radical (unpaired) electrons. The molecule has 0 spiro atoms. The fourth-order valence-corrected chi connectivity index (χ4v) is 0.403. The Balaban J connectivity index is -0.000000245. The van der Waals surface area contributed by atoms with Gasteiger partial charge in [-0.2, -0.15) is 0 Å². The predicted octanol–water partition coefficient (Wildman–Crippen LogP) is 2.10. The van der Waals surface area contributed by atoms with E-state index in [4.69, 9.17) is 0 Å². The third-order valence-electron chi connectivity index (χ3n) is 0.870. The van der Waals surface area contributed by atoms with E-state index in [2.05, 4.69) is 0 Å². The molecule has 0 atom stereocenters. The fourth-order valence-electron chi connectivity index (χ4n) is 0.403. The van der Waals surface area contributed by atoms with E-state index in [1.165, 1.54) is 6.92 Å². The molecule has 0 bridgehead atoms. The molecule has 0 aromatic carbocycles. The smallest absolute Gasteiger partial charge is 0.198 e. The lowest BCUT2D eigenvalue weighted by Crippen LogP contribution is -2.07.